The van der Waals surface area contributed by atoms with Gasteiger partial charge in [-0.05, 0) is 12.5 Å². The van der Waals surface area contributed by atoms with Gasteiger partial charge >= 0.3 is 0 Å². The van der Waals surface area contributed by atoms with E-state index in [9.17, 15) is 13.5 Å². The second kappa shape index (κ2) is 5.27. The van der Waals surface area contributed by atoms with Gasteiger partial charge in [-0.1, -0.05) is 0 Å². The van der Waals surface area contributed by atoms with Crippen molar-refractivity contribution in [3.8, 4) is 5.75 Å². The molecule has 16 heavy (non-hydrogen) atoms. The number of hydrogen-bond acceptors (Lipinski definition) is 5. The lowest BCUT2D eigenvalue weighted by atomic mass is 10.1. The molecule has 0 radical (unpaired) electrons. The zero-order valence-electron chi connectivity index (χ0n) is 9.25. The molecule has 0 aliphatic carbocycles. The van der Waals surface area contributed by atoms with E-state index >= 15 is 0 Å². The molecule has 90 valence electrons. The third kappa shape index (κ3) is 3.79. The van der Waals surface area contributed by atoms with Gasteiger partial charge in [0, 0.05) is 18.0 Å². The molecule has 0 aromatic carbocycles. The van der Waals surface area contributed by atoms with E-state index in [4.69, 9.17) is 4.74 Å². The molecule has 1 aromatic rings. The molecule has 1 unspecified atom stereocenters. The van der Waals surface area contributed by atoms with Crippen molar-refractivity contribution in [3.63, 3.8) is 0 Å². The first-order valence-electron chi connectivity index (χ1n) is 4.77. The maximum atomic E-state index is 11.0. The Balaban J connectivity index is 2.76. The number of aliphatic hydroxyl groups excluding tert-OH is 1. The Bertz CT molecular complexity index is 444. The highest BCUT2D eigenvalue weighted by Gasteiger charge is 2.15. The number of nitrogens with zero attached hydrogens (tertiary/aromatic N) is 1. The lowest BCUT2D eigenvalue weighted by Gasteiger charge is -2.13. The molecule has 5 nitrogen and oxygen atoms in total. The predicted octanol–water partition coefficient (Wildman–Crippen LogP) is 0.558. The highest BCUT2D eigenvalue weighted by Crippen LogP contribution is 2.25. The fraction of sp³-hybridized carbons (Fsp3) is 0.500. The lowest BCUT2D eigenvalue weighted by Crippen LogP contribution is -2.09. The molecule has 1 atom stereocenters. The standard InChI is InChI=1S/C10H15NO4S/c1-15-10-7-11-5-3-8(10)9(12)4-6-16(2,13)14/h3,5,7,9,12H,4,6H2,1-2H3. The number of ether oxygens (including phenoxy) is 1. The van der Waals surface area contributed by atoms with Crippen LogP contribution in [0.1, 0.15) is 18.1 Å². The molecule has 0 saturated heterocycles. The van der Waals surface area contributed by atoms with Crippen LogP contribution in [0.2, 0.25) is 0 Å². The molecule has 0 amide bonds. The molecule has 6 heteroatoms. The molecule has 1 N–H and O–H groups in total. The van der Waals surface area contributed by atoms with Crippen LogP contribution in [-0.2, 0) is 9.84 Å². The monoisotopic (exact) mass is 245 g/mol. The van der Waals surface area contributed by atoms with Crippen molar-refractivity contribution in [2.45, 2.75) is 12.5 Å². The number of rotatable bonds is 5. The second-order valence-electron chi connectivity index (χ2n) is 3.55. The smallest absolute Gasteiger partial charge is 0.147 e. The van der Waals surface area contributed by atoms with Crippen LogP contribution in [0.5, 0.6) is 5.75 Å². The molecule has 1 heterocycles. The second-order valence-corrected chi connectivity index (χ2v) is 5.81. The van der Waals surface area contributed by atoms with E-state index in [0.29, 0.717) is 11.3 Å². The van der Waals surface area contributed by atoms with Gasteiger partial charge in [0.05, 0.1) is 25.2 Å². The van der Waals surface area contributed by atoms with Crippen molar-refractivity contribution in [1.82, 2.24) is 4.98 Å². The quantitative estimate of drug-likeness (QED) is 0.820. The summed E-state index contributed by atoms with van der Waals surface area (Å²) in [5.41, 5.74) is 0.557. The van der Waals surface area contributed by atoms with Crippen LogP contribution in [0, 0.1) is 0 Å². The summed E-state index contributed by atoms with van der Waals surface area (Å²) in [7, 11) is -1.59. The number of aromatic nitrogens is 1. The van der Waals surface area contributed by atoms with Gasteiger partial charge in [0.1, 0.15) is 15.6 Å². The summed E-state index contributed by atoms with van der Waals surface area (Å²) >= 11 is 0. The van der Waals surface area contributed by atoms with Gasteiger partial charge in [0.25, 0.3) is 0 Å². The first-order valence-corrected chi connectivity index (χ1v) is 6.84. The molecule has 0 bridgehead atoms. The zero-order valence-corrected chi connectivity index (χ0v) is 10.1. The first kappa shape index (κ1) is 12.9. The molecule has 0 saturated carbocycles. The average molecular weight is 245 g/mol. The van der Waals surface area contributed by atoms with Crippen molar-refractivity contribution in [1.29, 1.82) is 0 Å². The summed E-state index contributed by atoms with van der Waals surface area (Å²) in [5.74, 6) is 0.406. The van der Waals surface area contributed by atoms with Crippen LogP contribution in [0.3, 0.4) is 0 Å². The van der Waals surface area contributed by atoms with Gasteiger partial charge in [-0.3, -0.25) is 4.98 Å². The van der Waals surface area contributed by atoms with E-state index in [1.165, 1.54) is 19.5 Å². The number of aliphatic hydroxyl groups is 1. The lowest BCUT2D eigenvalue weighted by molar-refractivity contribution is 0.170. The van der Waals surface area contributed by atoms with E-state index in [1.54, 1.807) is 6.07 Å². The minimum absolute atomic E-state index is 0.0559. The first-order chi connectivity index (χ1) is 7.44. The van der Waals surface area contributed by atoms with Crippen LogP contribution in [0.25, 0.3) is 0 Å². The van der Waals surface area contributed by atoms with Crippen LogP contribution in [0.15, 0.2) is 18.5 Å². The summed E-state index contributed by atoms with van der Waals surface area (Å²) in [4.78, 5) is 3.85. The van der Waals surface area contributed by atoms with E-state index in [2.05, 4.69) is 4.98 Å². The Morgan fingerprint density at radius 3 is 2.81 bits per heavy atom. The molecular formula is C10H15NO4S. The van der Waals surface area contributed by atoms with Crippen molar-refractivity contribution in [3.05, 3.63) is 24.0 Å². The molecular weight excluding hydrogens is 230 g/mol. The van der Waals surface area contributed by atoms with Crippen molar-refractivity contribution >= 4 is 9.84 Å². The zero-order chi connectivity index (χ0) is 12.2. The van der Waals surface area contributed by atoms with Crippen LogP contribution in [0.4, 0.5) is 0 Å². The normalized spacial score (nSPS) is 13.4. The summed E-state index contributed by atoms with van der Waals surface area (Å²) < 4.78 is 27.0. The minimum atomic E-state index is -3.06. The highest BCUT2D eigenvalue weighted by molar-refractivity contribution is 7.90. The molecule has 0 fully saturated rings. The minimum Gasteiger partial charge on any atom is -0.495 e. The molecule has 1 rings (SSSR count). The van der Waals surface area contributed by atoms with E-state index in [1.807, 2.05) is 0 Å². The maximum absolute atomic E-state index is 11.0. The maximum Gasteiger partial charge on any atom is 0.147 e. The summed E-state index contributed by atoms with van der Waals surface area (Å²) in [6.45, 7) is 0. The fourth-order valence-corrected chi connectivity index (χ4v) is 1.97. The summed E-state index contributed by atoms with van der Waals surface area (Å²) in [5, 5.41) is 9.82. The van der Waals surface area contributed by atoms with Gasteiger partial charge in [0.15, 0.2) is 0 Å². The van der Waals surface area contributed by atoms with E-state index in [0.717, 1.165) is 6.26 Å². The Labute approximate surface area is 95.0 Å². The highest BCUT2D eigenvalue weighted by atomic mass is 32.2. The topological polar surface area (TPSA) is 76.5 Å². The van der Waals surface area contributed by atoms with Crippen LogP contribution >= 0.6 is 0 Å². The Morgan fingerprint density at radius 2 is 2.25 bits per heavy atom. The van der Waals surface area contributed by atoms with Gasteiger partial charge in [-0.2, -0.15) is 0 Å². The van der Waals surface area contributed by atoms with E-state index < -0.39 is 15.9 Å². The fourth-order valence-electron chi connectivity index (χ4n) is 1.32. The third-order valence-electron chi connectivity index (χ3n) is 2.16. The largest absolute Gasteiger partial charge is 0.495 e. The predicted molar refractivity (Wildman–Crippen MR) is 60.1 cm³/mol. The van der Waals surface area contributed by atoms with Crippen molar-refractivity contribution < 1.29 is 18.3 Å². The third-order valence-corrected chi connectivity index (χ3v) is 3.13. The number of hydrogen-bond donors (Lipinski definition) is 1. The molecule has 1 aromatic heterocycles. The van der Waals surface area contributed by atoms with Gasteiger partial charge < -0.3 is 9.84 Å². The SMILES string of the molecule is COc1cnccc1C(O)CCS(C)(=O)=O. The average Bonchev–Trinajstić information content (AvgIpc) is 2.25. The number of pyridine rings is 1. The summed E-state index contributed by atoms with van der Waals surface area (Å²) in [6, 6.07) is 1.62. The molecule has 0 spiro atoms. The van der Waals surface area contributed by atoms with Crippen LogP contribution in [-0.4, -0.2) is 37.6 Å². The Kier molecular flexibility index (Phi) is 4.26. The summed E-state index contributed by atoms with van der Waals surface area (Å²) in [6.07, 6.45) is 3.45. The van der Waals surface area contributed by atoms with Crippen LogP contribution < -0.4 is 4.74 Å². The van der Waals surface area contributed by atoms with Crippen molar-refractivity contribution in [2.75, 3.05) is 19.1 Å². The van der Waals surface area contributed by atoms with E-state index in [-0.39, 0.29) is 12.2 Å². The van der Waals surface area contributed by atoms with Gasteiger partial charge in [0.2, 0.25) is 0 Å². The van der Waals surface area contributed by atoms with Crippen molar-refractivity contribution in [2.24, 2.45) is 0 Å². The Hall–Kier alpha value is -1.14. The number of sulfone groups is 1. The molecule has 0 aliphatic heterocycles. The van der Waals surface area contributed by atoms with Gasteiger partial charge in [-0.15, -0.1) is 0 Å². The number of methoxy groups -OCH3 is 1. The van der Waals surface area contributed by atoms with Gasteiger partial charge in [-0.25, -0.2) is 8.42 Å². The molecule has 0 aliphatic rings. The Morgan fingerprint density at radius 1 is 1.56 bits per heavy atom.